The fourth-order valence-corrected chi connectivity index (χ4v) is 2.68. The second-order valence-corrected chi connectivity index (χ2v) is 5.82. The molecule has 0 nitrogen and oxygen atoms in total. The standard InChI is InChI=1S/C22H30/c1-5-7-9-11-13-15-21-17-20(4)22(18-19(21)3)16-14-12-10-8-6-2/h5-10,17-18H,1-2,11-16H2,3-4H3. The summed E-state index contributed by atoms with van der Waals surface area (Å²) in [6.07, 6.45) is 19.1. The summed E-state index contributed by atoms with van der Waals surface area (Å²) >= 11 is 0. The topological polar surface area (TPSA) is 0 Å². The van der Waals surface area contributed by atoms with Gasteiger partial charge < -0.3 is 0 Å². The van der Waals surface area contributed by atoms with Crippen LogP contribution in [0.4, 0.5) is 0 Å². The number of aryl methyl sites for hydroxylation is 4. The minimum atomic E-state index is 1.13. The third-order valence-electron chi connectivity index (χ3n) is 3.97. The van der Waals surface area contributed by atoms with Crippen molar-refractivity contribution in [1.29, 1.82) is 0 Å². The molecule has 22 heavy (non-hydrogen) atoms. The molecule has 0 atom stereocenters. The van der Waals surface area contributed by atoms with Gasteiger partial charge in [-0.25, -0.2) is 0 Å². The Labute approximate surface area is 137 Å². The molecule has 0 aliphatic carbocycles. The molecule has 1 aromatic carbocycles. The average Bonchev–Trinajstić information content (AvgIpc) is 2.51. The van der Waals surface area contributed by atoms with Crippen molar-refractivity contribution in [3.05, 3.63) is 84.0 Å². The molecule has 0 heterocycles. The lowest BCUT2D eigenvalue weighted by Gasteiger charge is -2.12. The number of rotatable bonds is 10. The maximum atomic E-state index is 3.70. The molecule has 0 fully saturated rings. The summed E-state index contributed by atoms with van der Waals surface area (Å²) in [6, 6.07) is 4.78. The Morgan fingerprint density at radius 3 is 1.55 bits per heavy atom. The Morgan fingerprint density at radius 1 is 0.773 bits per heavy atom. The number of benzene rings is 1. The zero-order valence-electron chi connectivity index (χ0n) is 14.3. The van der Waals surface area contributed by atoms with E-state index >= 15 is 0 Å². The van der Waals surface area contributed by atoms with Crippen molar-refractivity contribution in [2.75, 3.05) is 0 Å². The van der Waals surface area contributed by atoms with E-state index in [2.05, 4.69) is 51.3 Å². The SMILES string of the molecule is C=CC=CCCCc1cc(C)c(CCCC=CC=C)cc1C. The first-order chi connectivity index (χ1) is 10.7. The lowest BCUT2D eigenvalue weighted by atomic mass is 9.94. The molecule has 0 amide bonds. The first-order valence-corrected chi connectivity index (χ1v) is 8.33. The molecule has 0 radical (unpaired) electrons. The molecule has 0 spiro atoms. The van der Waals surface area contributed by atoms with E-state index in [9.17, 15) is 0 Å². The molecule has 0 N–H and O–H groups in total. The van der Waals surface area contributed by atoms with Gasteiger partial charge in [0.1, 0.15) is 0 Å². The van der Waals surface area contributed by atoms with Crippen LogP contribution >= 0.6 is 0 Å². The van der Waals surface area contributed by atoms with Crippen molar-refractivity contribution in [1.82, 2.24) is 0 Å². The smallest absolute Gasteiger partial charge is 0.0273 e. The van der Waals surface area contributed by atoms with Crippen LogP contribution in [0.5, 0.6) is 0 Å². The van der Waals surface area contributed by atoms with Crippen molar-refractivity contribution < 1.29 is 0 Å². The molecule has 0 aliphatic rings. The third kappa shape index (κ3) is 6.76. The average molecular weight is 294 g/mol. The van der Waals surface area contributed by atoms with Crippen LogP contribution < -0.4 is 0 Å². The molecule has 118 valence electrons. The Morgan fingerprint density at radius 2 is 1.18 bits per heavy atom. The zero-order valence-corrected chi connectivity index (χ0v) is 14.3. The number of unbranched alkanes of at least 4 members (excludes halogenated alkanes) is 2. The Bertz CT molecular complexity index is 479. The quantitative estimate of drug-likeness (QED) is 0.344. The van der Waals surface area contributed by atoms with E-state index in [1.165, 1.54) is 35.1 Å². The van der Waals surface area contributed by atoms with Gasteiger partial charge in [-0.15, -0.1) is 0 Å². The van der Waals surface area contributed by atoms with Gasteiger partial charge in [0.25, 0.3) is 0 Å². The first-order valence-electron chi connectivity index (χ1n) is 8.33. The normalized spacial score (nSPS) is 11.4. The van der Waals surface area contributed by atoms with Crippen LogP contribution in [0, 0.1) is 13.8 Å². The van der Waals surface area contributed by atoms with Gasteiger partial charge in [-0.2, -0.15) is 0 Å². The minimum Gasteiger partial charge on any atom is -0.0991 e. The van der Waals surface area contributed by atoms with Gasteiger partial charge in [-0.05, 0) is 74.6 Å². The van der Waals surface area contributed by atoms with Crippen molar-refractivity contribution in [2.45, 2.75) is 52.4 Å². The van der Waals surface area contributed by atoms with Gasteiger partial charge in [-0.3, -0.25) is 0 Å². The van der Waals surface area contributed by atoms with Gasteiger partial charge in [0.05, 0.1) is 0 Å². The van der Waals surface area contributed by atoms with Crippen LogP contribution in [0.2, 0.25) is 0 Å². The highest BCUT2D eigenvalue weighted by molar-refractivity contribution is 5.37. The largest absolute Gasteiger partial charge is 0.0991 e. The molecular formula is C22H30. The molecule has 0 bridgehead atoms. The Hall–Kier alpha value is -1.82. The summed E-state index contributed by atoms with van der Waals surface area (Å²) in [7, 11) is 0. The molecule has 1 aromatic rings. The van der Waals surface area contributed by atoms with Crippen LogP contribution in [-0.2, 0) is 12.8 Å². The minimum absolute atomic E-state index is 1.13. The lowest BCUT2D eigenvalue weighted by molar-refractivity contribution is 0.820. The fraction of sp³-hybridized carbons (Fsp3) is 0.364. The Kier molecular flexibility index (Phi) is 8.98. The fourth-order valence-electron chi connectivity index (χ4n) is 2.68. The van der Waals surface area contributed by atoms with E-state index < -0.39 is 0 Å². The number of hydrogen-bond donors (Lipinski definition) is 0. The van der Waals surface area contributed by atoms with E-state index in [0.717, 1.165) is 25.7 Å². The Balaban J connectivity index is 2.55. The molecule has 0 heteroatoms. The summed E-state index contributed by atoms with van der Waals surface area (Å²) in [5.74, 6) is 0. The van der Waals surface area contributed by atoms with Crippen molar-refractivity contribution in [2.24, 2.45) is 0 Å². The van der Waals surface area contributed by atoms with E-state index in [0.29, 0.717) is 0 Å². The second-order valence-electron chi connectivity index (χ2n) is 5.82. The number of hydrogen-bond acceptors (Lipinski definition) is 0. The highest BCUT2D eigenvalue weighted by Gasteiger charge is 2.04. The molecule has 0 saturated carbocycles. The van der Waals surface area contributed by atoms with Gasteiger partial charge in [0, 0.05) is 0 Å². The number of allylic oxidation sites excluding steroid dienone is 6. The van der Waals surface area contributed by atoms with Gasteiger partial charge in [-0.1, -0.05) is 61.7 Å². The molecule has 0 unspecified atom stereocenters. The third-order valence-corrected chi connectivity index (χ3v) is 3.97. The maximum Gasteiger partial charge on any atom is -0.0273 e. The molecular weight excluding hydrogens is 264 g/mol. The van der Waals surface area contributed by atoms with Crippen LogP contribution in [0.15, 0.2) is 61.7 Å². The summed E-state index contributed by atoms with van der Waals surface area (Å²) in [5.41, 5.74) is 5.88. The van der Waals surface area contributed by atoms with Crippen LogP contribution in [0.25, 0.3) is 0 Å². The van der Waals surface area contributed by atoms with Crippen LogP contribution in [0.3, 0.4) is 0 Å². The molecule has 1 rings (SSSR count). The first kappa shape index (κ1) is 18.2. The predicted molar refractivity (Wildman–Crippen MR) is 100 cm³/mol. The van der Waals surface area contributed by atoms with E-state index in [1.54, 1.807) is 0 Å². The maximum absolute atomic E-state index is 3.70. The predicted octanol–water partition coefficient (Wildman–Crippen LogP) is 6.43. The van der Waals surface area contributed by atoms with Gasteiger partial charge in [0.15, 0.2) is 0 Å². The van der Waals surface area contributed by atoms with E-state index in [1.807, 2.05) is 24.3 Å². The van der Waals surface area contributed by atoms with E-state index in [4.69, 9.17) is 0 Å². The molecule has 0 aromatic heterocycles. The van der Waals surface area contributed by atoms with Crippen molar-refractivity contribution >= 4 is 0 Å². The summed E-state index contributed by atoms with van der Waals surface area (Å²) < 4.78 is 0. The second kappa shape index (κ2) is 10.8. The van der Waals surface area contributed by atoms with Crippen molar-refractivity contribution in [3.8, 4) is 0 Å². The lowest BCUT2D eigenvalue weighted by Crippen LogP contribution is -1.97. The van der Waals surface area contributed by atoms with E-state index in [-0.39, 0.29) is 0 Å². The van der Waals surface area contributed by atoms with Gasteiger partial charge in [0.2, 0.25) is 0 Å². The van der Waals surface area contributed by atoms with Crippen LogP contribution in [-0.4, -0.2) is 0 Å². The van der Waals surface area contributed by atoms with Crippen LogP contribution in [0.1, 0.15) is 47.9 Å². The molecule has 0 aliphatic heterocycles. The molecule has 0 saturated heterocycles. The van der Waals surface area contributed by atoms with Gasteiger partial charge >= 0.3 is 0 Å². The van der Waals surface area contributed by atoms with Crippen molar-refractivity contribution in [3.63, 3.8) is 0 Å². The highest BCUT2D eigenvalue weighted by atomic mass is 14.1. The highest BCUT2D eigenvalue weighted by Crippen LogP contribution is 2.20. The monoisotopic (exact) mass is 294 g/mol. The summed E-state index contributed by atoms with van der Waals surface area (Å²) in [5, 5.41) is 0. The summed E-state index contributed by atoms with van der Waals surface area (Å²) in [4.78, 5) is 0. The zero-order chi connectivity index (χ0) is 16.2. The summed E-state index contributed by atoms with van der Waals surface area (Å²) in [6.45, 7) is 11.9.